The Hall–Kier alpha value is -3.06. The molecule has 8 heteroatoms. The Kier molecular flexibility index (Phi) is 7.46. The molecule has 0 radical (unpaired) electrons. The Bertz CT molecular complexity index is 1370. The lowest BCUT2D eigenvalue weighted by molar-refractivity contribution is -0.121. The molecule has 1 atom stereocenters. The maximum Gasteiger partial charge on any atom is 0.228 e. The summed E-state index contributed by atoms with van der Waals surface area (Å²) in [7, 11) is 1.67. The summed E-state index contributed by atoms with van der Waals surface area (Å²) in [5.74, 6) is 1.67. The quantitative estimate of drug-likeness (QED) is 0.311. The van der Waals surface area contributed by atoms with E-state index in [9.17, 15) is 4.79 Å². The third kappa shape index (κ3) is 5.36. The normalized spacial score (nSPS) is 16.2. The van der Waals surface area contributed by atoms with Crippen LogP contribution in [0.1, 0.15) is 24.2 Å². The van der Waals surface area contributed by atoms with Gasteiger partial charge in [0.15, 0.2) is 0 Å². The van der Waals surface area contributed by atoms with Gasteiger partial charge >= 0.3 is 0 Å². The van der Waals surface area contributed by atoms with Crippen molar-refractivity contribution in [3.63, 3.8) is 0 Å². The number of nitrogens with one attached hydrogen (secondary N) is 1. The number of halogens is 2. The van der Waals surface area contributed by atoms with E-state index in [-0.39, 0.29) is 11.8 Å². The highest BCUT2D eigenvalue weighted by Gasteiger charge is 2.27. The van der Waals surface area contributed by atoms with Crippen molar-refractivity contribution in [1.82, 2.24) is 14.5 Å². The van der Waals surface area contributed by atoms with Gasteiger partial charge in [-0.05, 0) is 61.3 Å². The lowest BCUT2D eigenvalue weighted by Gasteiger charge is -2.32. The van der Waals surface area contributed by atoms with E-state index in [0.29, 0.717) is 35.4 Å². The molecule has 1 aromatic heterocycles. The minimum atomic E-state index is -0.131. The van der Waals surface area contributed by atoms with Gasteiger partial charge < -0.3 is 14.6 Å². The largest absolute Gasteiger partial charge is 0.497 e. The summed E-state index contributed by atoms with van der Waals surface area (Å²) < 4.78 is 7.58. The first-order valence-corrected chi connectivity index (χ1v) is 12.8. The van der Waals surface area contributed by atoms with E-state index in [1.165, 1.54) is 5.56 Å². The molecule has 0 unspecified atom stereocenters. The standard InChI is InChI=1S/C28H28Cl2N4O2/c1-36-21-13-11-19(12-14-21)16-34-25-10-3-2-8-23(25)31-26(34)18-33-15-5-6-20(17-33)28(35)32-24-9-4-7-22(29)27(24)30/h2-4,7-14,20H,5-6,15-18H2,1H3,(H,32,35)/t20-/m1/s1. The van der Waals surface area contributed by atoms with Crippen LogP contribution in [-0.4, -0.2) is 40.6 Å². The minimum Gasteiger partial charge on any atom is -0.497 e. The Labute approximate surface area is 220 Å². The number of likely N-dealkylation sites (tertiary alicyclic amines) is 1. The van der Waals surface area contributed by atoms with Gasteiger partial charge in [0.2, 0.25) is 5.91 Å². The van der Waals surface area contributed by atoms with Crippen LogP contribution < -0.4 is 10.1 Å². The second kappa shape index (κ2) is 10.9. The zero-order valence-electron chi connectivity index (χ0n) is 20.1. The fourth-order valence-electron chi connectivity index (χ4n) is 4.78. The van der Waals surface area contributed by atoms with Gasteiger partial charge in [-0.3, -0.25) is 9.69 Å². The molecule has 1 fully saturated rings. The van der Waals surface area contributed by atoms with E-state index in [2.05, 4.69) is 33.0 Å². The topological polar surface area (TPSA) is 59.4 Å². The molecular formula is C28H28Cl2N4O2. The van der Waals surface area contributed by atoms with Crippen LogP contribution in [0.3, 0.4) is 0 Å². The van der Waals surface area contributed by atoms with E-state index < -0.39 is 0 Å². The monoisotopic (exact) mass is 522 g/mol. The number of piperidine rings is 1. The fourth-order valence-corrected chi connectivity index (χ4v) is 5.13. The number of nitrogens with zero attached hydrogens (tertiary/aromatic N) is 3. The molecule has 1 saturated heterocycles. The van der Waals surface area contributed by atoms with Crippen molar-refractivity contribution in [3.05, 3.63) is 88.2 Å². The second-order valence-electron chi connectivity index (χ2n) is 9.12. The Balaban J connectivity index is 1.33. The number of imidazole rings is 1. The molecule has 2 heterocycles. The summed E-state index contributed by atoms with van der Waals surface area (Å²) in [4.78, 5) is 20.3. The molecule has 1 aliphatic heterocycles. The van der Waals surface area contributed by atoms with Gasteiger partial charge in [-0.15, -0.1) is 0 Å². The summed E-state index contributed by atoms with van der Waals surface area (Å²) >= 11 is 12.4. The van der Waals surface area contributed by atoms with Gasteiger partial charge in [0.1, 0.15) is 11.6 Å². The molecule has 5 rings (SSSR count). The lowest BCUT2D eigenvalue weighted by atomic mass is 9.97. The van der Waals surface area contributed by atoms with E-state index in [4.69, 9.17) is 32.9 Å². The van der Waals surface area contributed by atoms with E-state index >= 15 is 0 Å². The highest BCUT2D eigenvalue weighted by Crippen LogP contribution is 2.31. The number of aromatic nitrogens is 2. The second-order valence-corrected chi connectivity index (χ2v) is 9.90. The van der Waals surface area contributed by atoms with Crippen LogP contribution in [0.25, 0.3) is 11.0 Å². The van der Waals surface area contributed by atoms with Crippen LogP contribution in [0.15, 0.2) is 66.7 Å². The van der Waals surface area contributed by atoms with Crippen LogP contribution in [0, 0.1) is 5.92 Å². The molecule has 0 aliphatic carbocycles. The first kappa shape index (κ1) is 24.6. The molecule has 6 nitrogen and oxygen atoms in total. The van der Waals surface area contributed by atoms with Crippen LogP contribution in [0.5, 0.6) is 5.75 Å². The third-order valence-electron chi connectivity index (χ3n) is 6.68. The SMILES string of the molecule is COc1ccc(Cn2c(CN3CCC[C@@H](C(=O)Nc4cccc(Cl)c4Cl)C3)nc3ccccc32)cc1. The molecular weight excluding hydrogens is 495 g/mol. The number of ether oxygens (including phenoxy) is 1. The average Bonchev–Trinajstić information content (AvgIpc) is 3.24. The predicted octanol–water partition coefficient (Wildman–Crippen LogP) is 6.25. The maximum atomic E-state index is 13.1. The first-order valence-electron chi connectivity index (χ1n) is 12.1. The van der Waals surface area contributed by atoms with Crippen LogP contribution in [0.2, 0.25) is 10.0 Å². The zero-order valence-corrected chi connectivity index (χ0v) is 21.6. The predicted molar refractivity (Wildman–Crippen MR) is 145 cm³/mol. The number of hydrogen-bond acceptors (Lipinski definition) is 4. The summed E-state index contributed by atoms with van der Waals surface area (Å²) in [6.45, 7) is 2.97. The van der Waals surface area contributed by atoms with Crippen molar-refractivity contribution in [2.24, 2.45) is 5.92 Å². The third-order valence-corrected chi connectivity index (χ3v) is 7.50. The van der Waals surface area contributed by atoms with Crippen molar-refractivity contribution in [3.8, 4) is 5.75 Å². The molecule has 0 saturated carbocycles. The first-order chi connectivity index (χ1) is 17.5. The fraction of sp³-hybridized carbons (Fsp3) is 0.286. The minimum absolute atomic E-state index is 0.0318. The molecule has 1 aliphatic rings. The molecule has 3 aromatic carbocycles. The number of rotatable bonds is 7. The van der Waals surface area contributed by atoms with Crippen molar-refractivity contribution in [2.75, 3.05) is 25.5 Å². The van der Waals surface area contributed by atoms with Gasteiger partial charge in [0, 0.05) is 13.1 Å². The molecule has 186 valence electrons. The van der Waals surface area contributed by atoms with Crippen LogP contribution in [0.4, 0.5) is 5.69 Å². The number of benzene rings is 3. The zero-order chi connectivity index (χ0) is 25.1. The maximum absolute atomic E-state index is 13.1. The summed E-state index contributed by atoms with van der Waals surface area (Å²) in [5.41, 5.74) is 3.80. The number of para-hydroxylation sites is 2. The van der Waals surface area contributed by atoms with Gasteiger partial charge in [-0.25, -0.2) is 4.98 Å². The highest BCUT2D eigenvalue weighted by molar-refractivity contribution is 6.44. The number of carbonyl (C=O) groups is 1. The number of fused-ring (bicyclic) bond motifs is 1. The average molecular weight is 523 g/mol. The molecule has 1 amide bonds. The number of amides is 1. The number of hydrogen-bond donors (Lipinski definition) is 1. The Morgan fingerprint density at radius 3 is 2.67 bits per heavy atom. The smallest absolute Gasteiger partial charge is 0.228 e. The molecule has 36 heavy (non-hydrogen) atoms. The molecule has 0 spiro atoms. The number of methoxy groups -OCH3 is 1. The van der Waals surface area contributed by atoms with Gasteiger partial charge in [0.05, 0.1) is 46.3 Å². The Morgan fingerprint density at radius 2 is 1.86 bits per heavy atom. The number of anilines is 1. The molecule has 4 aromatic rings. The molecule has 1 N–H and O–H groups in total. The van der Waals surface area contributed by atoms with Crippen molar-refractivity contribution in [1.29, 1.82) is 0 Å². The van der Waals surface area contributed by atoms with E-state index in [1.54, 1.807) is 25.3 Å². The van der Waals surface area contributed by atoms with E-state index in [1.807, 2.05) is 30.3 Å². The van der Waals surface area contributed by atoms with Crippen molar-refractivity contribution >= 4 is 45.8 Å². The summed E-state index contributed by atoms with van der Waals surface area (Å²) in [6, 6.07) is 21.6. The highest BCUT2D eigenvalue weighted by atomic mass is 35.5. The summed E-state index contributed by atoms with van der Waals surface area (Å²) in [6.07, 6.45) is 1.78. The van der Waals surface area contributed by atoms with Gasteiger partial charge in [-0.2, -0.15) is 0 Å². The number of carbonyl (C=O) groups excluding carboxylic acids is 1. The lowest BCUT2D eigenvalue weighted by Crippen LogP contribution is -2.40. The van der Waals surface area contributed by atoms with Crippen molar-refractivity contribution < 1.29 is 9.53 Å². The van der Waals surface area contributed by atoms with E-state index in [0.717, 1.165) is 42.0 Å². The Morgan fingerprint density at radius 1 is 1.06 bits per heavy atom. The van der Waals surface area contributed by atoms with Gasteiger partial charge in [-0.1, -0.05) is 53.5 Å². The van der Waals surface area contributed by atoms with Crippen LogP contribution >= 0.6 is 23.2 Å². The van der Waals surface area contributed by atoms with Gasteiger partial charge in [0.25, 0.3) is 0 Å². The van der Waals surface area contributed by atoms with Crippen molar-refractivity contribution in [2.45, 2.75) is 25.9 Å². The van der Waals surface area contributed by atoms with Crippen LogP contribution in [-0.2, 0) is 17.9 Å². The molecule has 0 bridgehead atoms. The summed E-state index contributed by atoms with van der Waals surface area (Å²) in [5, 5.41) is 3.76.